The predicted molar refractivity (Wildman–Crippen MR) is 106 cm³/mol. The van der Waals surface area contributed by atoms with Crippen LogP contribution < -0.4 is 15.6 Å². The van der Waals surface area contributed by atoms with Gasteiger partial charge in [0.25, 0.3) is 11.5 Å². The van der Waals surface area contributed by atoms with E-state index >= 15 is 0 Å². The minimum Gasteiger partial charge on any atom is -0.493 e. The summed E-state index contributed by atoms with van der Waals surface area (Å²) in [6.07, 6.45) is 3.33. The molecule has 0 radical (unpaired) electrons. The van der Waals surface area contributed by atoms with Gasteiger partial charge in [-0.1, -0.05) is 0 Å². The number of nitrogens with zero attached hydrogens (tertiary/aromatic N) is 3. The molecule has 3 rings (SSSR count). The van der Waals surface area contributed by atoms with Crippen molar-refractivity contribution in [1.29, 1.82) is 0 Å². The van der Waals surface area contributed by atoms with E-state index in [1.165, 1.54) is 7.11 Å². The first-order chi connectivity index (χ1) is 13.5. The Morgan fingerprint density at radius 1 is 1.25 bits per heavy atom. The SMILES string of the molecule is COc1c(NC(=O)c2c(C)ccn(CCN3CCOCC3)c2=O)ccnc1C. The third-order valence-corrected chi connectivity index (χ3v) is 4.90. The molecule has 8 nitrogen and oxygen atoms in total. The first-order valence-corrected chi connectivity index (χ1v) is 9.32. The number of pyridine rings is 2. The Morgan fingerprint density at radius 3 is 2.71 bits per heavy atom. The van der Waals surface area contributed by atoms with Crippen molar-refractivity contribution in [3.63, 3.8) is 0 Å². The molecule has 1 amide bonds. The molecule has 8 heteroatoms. The number of carbonyl (C=O) groups excluding carboxylic acids is 1. The van der Waals surface area contributed by atoms with E-state index < -0.39 is 5.91 Å². The number of aromatic nitrogens is 2. The van der Waals surface area contributed by atoms with Crippen LogP contribution >= 0.6 is 0 Å². The van der Waals surface area contributed by atoms with Crippen LogP contribution in [0, 0.1) is 13.8 Å². The van der Waals surface area contributed by atoms with Crippen LogP contribution in [0.3, 0.4) is 0 Å². The minimum atomic E-state index is -0.452. The molecule has 3 heterocycles. The lowest BCUT2D eigenvalue weighted by Gasteiger charge is -2.26. The van der Waals surface area contributed by atoms with Crippen molar-refractivity contribution in [2.75, 3.05) is 45.3 Å². The monoisotopic (exact) mass is 386 g/mol. The number of rotatable bonds is 6. The highest BCUT2D eigenvalue weighted by Crippen LogP contribution is 2.26. The summed E-state index contributed by atoms with van der Waals surface area (Å²) in [6.45, 7) is 7.96. The van der Waals surface area contributed by atoms with Crippen LogP contribution in [0.2, 0.25) is 0 Å². The molecule has 0 aromatic carbocycles. The van der Waals surface area contributed by atoms with Crippen molar-refractivity contribution in [3.8, 4) is 5.75 Å². The minimum absolute atomic E-state index is 0.140. The smallest absolute Gasteiger partial charge is 0.263 e. The van der Waals surface area contributed by atoms with E-state index in [4.69, 9.17) is 9.47 Å². The molecule has 0 unspecified atom stereocenters. The van der Waals surface area contributed by atoms with Crippen LogP contribution in [0.4, 0.5) is 5.69 Å². The summed E-state index contributed by atoms with van der Waals surface area (Å²) in [5.74, 6) is 0.0317. The van der Waals surface area contributed by atoms with E-state index in [1.807, 2.05) is 0 Å². The maximum atomic E-state index is 12.9. The maximum absolute atomic E-state index is 12.9. The summed E-state index contributed by atoms with van der Waals surface area (Å²) >= 11 is 0. The highest BCUT2D eigenvalue weighted by molar-refractivity contribution is 6.05. The highest BCUT2D eigenvalue weighted by Gasteiger charge is 2.19. The zero-order valence-electron chi connectivity index (χ0n) is 16.5. The number of nitrogens with one attached hydrogen (secondary N) is 1. The van der Waals surface area contributed by atoms with Crippen molar-refractivity contribution in [2.45, 2.75) is 20.4 Å². The molecule has 1 fully saturated rings. The van der Waals surface area contributed by atoms with Crippen molar-refractivity contribution in [2.24, 2.45) is 0 Å². The Morgan fingerprint density at radius 2 is 2.00 bits per heavy atom. The molecule has 1 aliphatic heterocycles. The molecule has 28 heavy (non-hydrogen) atoms. The number of morpholine rings is 1. The van der Waals surface area contributed by atoms with Gasteiger partial charge in [-0.25, -0.2) is 0 Å². The van der Waals surface area contributed by atoms with E-state index in [2.05, 4.69) is 15.2 Å². The number of ether oxygens (including phenoxy) is 2. The number of hydrogen-bond acceptors (Lipinski definition) is 6. The molecule has 1 aliphatic rings. The molecule has 0 atom stereocenters. The fraction of sp³-hybridized carbons (Fsp3) is 0.450. The Bertz CT molecular complexity index is 904. The van der Waals surface area contributed by atoms with Gasteiger partial charge in [0.2, 0.25) is 0 Å². The maximum Gasteiger partial charge on any atom is 0.263 e. The summed E-state index contributed by atoms with van der Waals surface area (Å²) in [5.41, 5.74) is 1.63. The van der Waals surface area contributed by atoms with Crippen LogP contribution in [0.5, 0.6) is 5.75 Å². The summed E-state index contributed by atoms with van der Waals surface area (Å²) in [5, 5.41) is 2.79. The molecular formula is C20H26N4O4. The number of hydrogen-bond donors (Lipinski definition) is 1. The second-order valence-electron chi connectivity index (χ2n) is 6.76. The Balaban J connectivity index is 1.80. The van der Waals surface area contributed by atoms with E-state index in [0.29, 0.717) is 42.5 Å². The predicted octanol–water partition coefficient (Wildman–Crippen LogP) is 1.45. The fourth-order valence-electron chi connectivity index (χ4n) is 3.29. The largest absolute Gasteiger partial charge is 0.493 e. The van der Waals surface area contributed by atoms with Crippen molar-refractivity contribution < 1.29 is 14.3 Å². The van der Waals surface area contributed by atoms with Gasteiger partial charge >= 0.3 is 0 Å². The molecule has 1 saturated heterocycles. The molecular weight excluding hydrogens is 360 g/mol. The van der Waals surface area contributed by atoms with Crippen molar-refractivity contribution >= 4 is 11.6 Å². The molecule has 0 spiro atoms. The van der Waals surface area contributed by atoms with Crippen LogP contribution in [-0.2, 0) is 11.3 Å². The van der Waals surface area contributed by atoms with Gasteiger partial charge in [-0.3, -0.25) is 19.5 Å². The molecule has 1 N–H and O–H groups in total. The lowest BCUT2D eigenvalue weighted by atomic mass is 10.1. The van der Waals surface area contributed by atoms with E-state index in [-0.39, 0.29) is 11.1 Å². The zero-order valence-corrected chi connectivity index (χ0v) is 16.5. The highest BCUT2D eigenvalue weighted by atomic mass is 16.5. The summed E-state index contributed by atoms with van der Waals surface area (Å²) < 4.78 is 12.3. The summed E-state index contributed by atoms with van der Waals surface area (Å²) in [4.78, 5) is 32.2. The number of methoxy groups -OCH3 is 1. The average molecular weight is 386 g/mol. The van der Waals surface area contributed by atoms with Gasteiger partial charge in [0.1, 0.15) is 5.56 Å². The van der Waals surface area contributed by atoms with Gasteiger partial charge in [-0.05, 0) is 31.5 Å². The Kier molecular flexibility index (Phi) is 6.43. The fourth-order valence-corrected chi connectivity index (χ4v) is 3.29. The topological polar surface area (TPSA) is 85.7 Å². The van der Waals surface area contributed by atoms with Crippen molar-refractivity contribution in [3.05, 3.63) is 51.7 Å². The average Bonchev–Trinajstić information content (AvgIpc) is 2.68. The molecule has 0 saturated carbocycles. The second-order valence-corrected chi connectivity index (χ2v) is 6.76. The van der Waals surface area contributed by atoms with Crippen LogP contribution in [0.25, 0.3) is 0 Å². The second kappa shape index (κ2) is 8.99. The van der Waals surface area contributed by atoms with Gasteiger partial charge in [0.05, 0.1) is 31.7 Å². The lowest BCUT2D eigenvalue weighted by Crippen LogP contribution is -2.40. The Hall–Kier alpha value is -2.71. The molecule has 2 aromatic heterocycles. The Labute approximate surface area is 164 Å². The summed E-state index contributed by atoms with van der Waals surface area (Å²) in [7, 11) is 1.52. The van der Waals surface area contributed by atoms with Gasteiger partial charge in [0, 0.05) is 38.6 Å². The number of anilines is 1. The van der Waals surface area contributed by atoms with Gasteiger partial charge in [-0.2, -0.15) is 0 Å². The number of carbonyl (C=O) groups is 1. The molecule has 150 valence electrons. The molecule has 2 aromatic rings. The third-order valence-electron chi connectivity index (χ3n) is 4.90. The van der Waals surface area contributed by atoms with E-state index in [9.17, 15) is 9.59 Å². The zero-order chi connectivity index (χ0) is 20.1. The lowest BCUT2D eigenvalue weighted by molar-refractivity contribution is 0.0363. The van der Waals surface area contributed by atoms with Gasteiger partial charge in [0.15, 0.2) is 5.75 Å². The normalized spacial score (nSPS) is 14.7. The summed E-state index contributed by atoms with van der Waals surface area (Å²) in [6, 6.07) is 3.45. The van der Waals surface area contributed by atoms with E-state index in [1.54, 1.807) is 42.9 Å². The molecule has 0 aliphatic carbocycles. The third kappa shape index (κ3) is 4.40. The quantitative estimate of drug-likeness (QED) is 0.809. The first-order valence-electron chi connectivity index (χ1n) is 9.32. The van der Waals surface area contributed by atoms with E-state index in [0.717, 1.165) is 19.6 Å². The van der Waals surface area contributed by atoms with Gasteiger partial charge in [-0.15, -0.1) is 0 Å². The van der Waals surface area contributed by atoms with Crippen LogP contribution in [-0.4, -0.2) is 60.3 Å². The molecule has 0 bridgehead atoms. The van der Waals surface area contributed by atoms with Crippen LogP contribution in [0.15, 0.2) is 29.3 Å². The van der Waals surface area contributed by atoms with Crippen LogP contribution in [0.1, 0.15) is 21.6 Å². The van der Waals surface area contributed by atoms with Gasteiger partial charge < -0.3 is 19.4 Å². The standard InChI is InChI=1S/C20H26N4O4/c1-14-5-7-24(9-8-23-10-12-28-13-11-23)20(26)17(14)19(25)22-16-4-6-21-15(2)18(16)27-3/h4-7H,8-13H2,1-3H3,(H,21,22,25). The number of aryl methyl sites for hydroxylation is 2. The number of amides is 1. The first kappa shape index (κ1) is 20.0. The van der Waals surface area contributed by atoms with Crippen molar-refractivity contribution in [1.82, 2.24) is 14.5 Å².